The van der Waals surface area contributed by atoms with Crippen molar-refractivity contribution in [1.82, 2.24) is 0 Å². The van der Waals surface area contributed by atoms with E-state index in [1.54, 1.807) is 0 Å². The Morgan fingerprint density at radius 3 is 2.25 bits per heavy atom. The lowest BCUT2D eigenvalue weighted by Gasteiger charge is -2.08. The number of halogens is 3. The maximum absolute atomic E-state index is 12.1. The second kappa shape index (κ2) is 6.26. The first kappa shape index (κ1) is 14.6. The fraction of sp³-hybridized carbons (Fsp3) is 0.556. The largest absolute Gasteiger partial charge is 0.462 e. The molecular weight excluding hydrogens is 229 g/mol. The van der Waals surface area contributed by atoms with Gasteiger partial charge in [0.25, 0.3) is 5.78 Å². The lowest BCUT2D eigenvalue weighted by atomic mass is 10.1. The number of Topliss-reactive ketones (excluding diaryl/α,β-unsaturated/α-hetero) is 1. The van der Waals surface area contributed by atoms with E-state index in [2.05, 4.69) is 9.47 Å². The van der Waals surface area contributed by atoms with Crippen LogP contribution >= 0.6 is 0 Å². The van der Waals surface area contributed by atoms with Crippen LogP contribution in [0.4, 0.5) is 13.2 Å². The van der Waals surface area contributed by atoms with E-state index in [9.17, 15) is 22.8 Å². The Morgan fingerprint density at radius 1 is 1.31 bits per heavy atom. The van der Waals surface area contributed by atoms with Crippen LogP contribution in [0.3, 0.4) is 0 Å². The molecule has 7 heteroatoms. The number of hydrogen-bond donors (Lipinski definition) is 0. The number of carbonyl (C=O) groups is 2. The third-order valence-corrected chi connectivity index (χ3v) is 1.45. The molecule has 0 aliphatic carbocycles. The Morgan fingerprint density at radius 2 is 1.88 bits per heavy atom. The standard InChI is InChI=1S/C9H11F3O4/c1-3-16-8(14)6(4-5-15-2)7(13)9(10,11)12/h4H,3,5H2,1-2H3/b6-4-. The molecule has 0 spiro atoms. The maximum atomic E-state index is 12.1. The molecule has 0 atom stereocenters. The number of hydrogen-bond acceptors (Lipinski definition) is 4. The van der Waals surface area contributed by atoms with Crippen LogP contribution in [-0.2, 0) is 19.1 Å². The number of ketones is 1. The van der Waals surface area contributed by atoms with Crippen molar-refractivity contribution in [3.05, 3.63) is 11.6 Å². The maximum Gasteiger partial charge on any atom is 0.455 e. The van der Waals surface area contributed by atoms with Gasteiger partial charge in [-0.25, -0.2) is 4.79 Å². The van der Waals surface area contributed by atoms with E-state index in [4.69, 9.17) is 0 Å². The van der Waals surface area contributed by atoms with Crippen molar-refractivity contribution in [2.24, 2.45) is 0 Å². The molecule has 0 aliphatic rings. The van der Waals surface area contributed by atoms with Crippen LogP contribution in [0.5, 0.6) is 0 Å². The third kappa shape index (κ3) is 4.43. The molecule has 0 fully saturated rings. The van der Waals surface area contributed by atoms with Crippen LogP contribution in [0.25, 0.3) is 0 Å². The van der Waals surface area contributed by atoms with Crippen LogP contribution in [-0.4, -0.2) is 38.3 Å². The highest BCUT2D eigenvalue weighted by Gasteiger charge is 2.43. The van der Waals surface area contributed by atoms with Crippen LogP contribution in [0.2, 0.25) is 0 Å². The fourth-order valence-electron chi connectivity index (χ4n) is 0.797. The van der Waals surface area contributed by atoms with Crippen molar-refractivity contribution in [1.29, 1.82) is 0 Å². The van der Waals surface area contributed by atoms with Gasteiger partial charge in [0.1, 0.15) is 5.57 Å². The fourth-order valence-corrected chi connectivity index (χ4v) is 0.797. The van der Waals surface area contributed by atoms with E-state index in [0.29, 0.717) is 0 Å². The molecule has 0 aliphatic heterocycles. The minimum atomic E-state index is -5.10. The van der Waals surface area contributed by atoms with Gasteiger partial charge in [-0.15, -0.1) is 0 Å². The molecular formula is C9H11F3O4. The molecule has 0 unspecified atom stereocenters. The van der Waals surface area contributed by atoms with Gasteiger partial charge in [-0.3, -0.25) is 4.79 Å². The zero-order chi connectivity index (χ0) is 12.8. The van der Waals surface area contributed by atoms with Crippen molar-refractivity contribution in [3.63, 3.8) is 0 Å². The van der Waals surface area contributed by atoms with Gasteiger partial charge in [0.15, 0.2) is 0 Å². The van der Waals surface area contributed by atoms with Crippen molar-refractivity contribution < 1.29 is 32.2 Å². The molecule has 16 heavy (non-hydrogen) atoms. The molecule has 0 aromatic heterocycles. The van der Waals surface area contributed by atoms with Gasteiger partial charge < -0.3 is 9.47 Å². The summed E-state index contributed by atoms with van der Waals surface area (Å²) >= 11 is 0. The highest BCUT2D eigenvalue weighted by Crippen LogP contribution is 2.21. The van der Waals surface area contributed by atoms with Gasteiger partial charge in [-0.2, -0.15) is 13.2 Å². The van der Waals surface area contributed by atoms with Crippen molar-refractivity contribution in [3.8, 4) is 0 Å². The van der Waals surface area contributed by atoms with Crippen LogP contribution in [0.1, 0.15) is 6.92 Å². The van der Waals surface area contributed by atoms with Crippen LogP contribution in [0.15, 0.2) is 11.6 Å². The first-order valence-electron chi connectivity index (χ1n) is 4.32. The van der Waals surface area contributed by atoms with Crippen LogP contribution < -0.4 is 0 Å². The summed E-state index contributed by atoms with van der Waals surface area (Å²) < 4.78 is 45.1. The van der Waals surface area contributed by atoms with Gasteiger partial charge in [0, 0.05) is 7.11 Å². The number of rotatable bonds is 5. The number of methoxy groups -OCH3 is 1. The smallest absolute Gasteiger partial charge is 0.455 e. The SMILES string of the molecule is CCOC(=O)/C(=C\COC)C(=O)C(F)(F)F. The quantitative estimate of drug-likeness (QED) is 0.314. The highest BCUT2D eigenvalue weighted by atomic mass is 19.4. The molecule has 0 aromatic carbocycles. The van der Waals surface area contributed by atoms with Crippen molar-refractivity contribution in [2.45, 2.75) is 13.1 Å². The Balaban J connectivity index is 4.96. The number of alkyl halides is 3. The number of esters is 1. The van der Waals surface area contributed by atoms with Crippen molar-refractivity contribution in [2.75, 3.05) is 20.3 Å². The molecule has 0 bridgehead atoms. The minimum Gasteiger partial charge on any atom is -0.462 e. The van der Waals surface area contributed by atoms with E-state index in [1.165, 1.54) is 14.0 Å². The molecule has 0 saturated carbocycles. The molecule has 92 valence electrons. The molecule has 4 nitrogen and oxygen atoms in total. The Kier molecular flexibility index (Phi) is 5.73. The highest BCUT2D eigenvalue weighted by molar-refractivity contribution is 6.19. The Labute approximate surface area is 90.0 Å². The topological polar surface area (TPSA) is 52.6 Å². The second-order valence-corrected chi connectivity index (χ2v) is 2.62. The number of carbonyl (C=O) groups excluding carboxylic acids is 2. The molecule has 0 N–H and O–H groups in total. The normalized spacial score (nSPS) is 12.4. The first-order chi connectivity index (χ1) is 7.34. The van der Waals surface area contributed by atoms with Crippen molar-refractivity contribution >= 4 is 11.8 Å². The second-order valence-electron chi connectivity index (χ2n) is 2.62. The monoisotopic (exact) mass is 240 g/mol. The van der Waals surface area contributed by atoms with Gasteiger partial charge in [0.2, 0.25) is 0 Å². The molecule has 0 heterocycles. The summed E-state index contributed by atoms with van der Waals surface area (Å²) in [7, 11) is 1.22. The average molecular weight is 240 g/mol. The summed E-state index contributed by atoms with van der Waals surface area (Å²) in [5.74, 6) is -3.54. The molecule has 0 saturated heterocycles. The van der Waals surface area contributed by atoms with E-state index < -0.39 is 23.5 Å². The Hall–Kier alpha value is -1.37. The van der Waals surface area contributed by atoms with Gasteiger partial charge in [-0.1, -0.05) is 0 Å². The average Bonchev–Trinajstić information content (AvgIpc) is 2.17. The predicted molar refractivity (Wildman–Crippen MR) is 47.7 cm³/mol. The third-order valence-electron chi connectivity index (χ3n) is 1.45. The zero-order valence-electron chi connectivity index (χ0n) is 8.76. The number of ether oxygens (including phenoxy) is 2. The van der Waals surface area contributed by atoms with Gasteiger partial charge in [-0.05, 0) is 13.0 Å². The summed E-state index contributed by atoms with van der Waals surface area (Å²) in [6.45, 7) is 1.02. The van der Waals surface area contributed by atoms with Gasteiger partial charge in [0.05, 0.1) is 13.2 Å². The summed E-state index contributed by atoms with van der Waals surface area (Å²) in [6, 6.07) is 0. The first-order valence-corrected chi connectivity index (χ1v) is 4.32. The summed E-state index contributed by atoms with van der Waals surface area (Å²) in [5, 5.41) is 0. The summed E-state index contributed by atoms with van der Waals surface area (Å²) in [6.07, 6.45) is -4.36. The summed E-state index contributed by atoms with van der Waals surface area (Å²) in [5.41, 5.74) is -1.06. The lowest BCUT2D eigenvalue weighted by Crippen LogP contribution is -2.29. The van der Waals surface area contributed by atoms with E-state index >= 15 is 0 Å². The molecule has 0 rings (SSSR count). The molecule has 0 aromatic rings. The lowest BCUT2D eigenvalue weighted by molar-refractivity contribution is -0.168. The van der Waals surface area contributed by atoms with E-state index in [-0.39, 0.29) is 13.2 Å². The minimum absolute atomic E-state index is 0.117. The molecule has 0 radical (unpaired) electrons. The predicted octanol–water partition coefficient (Wildman–Crippen LogP) is 1.25. The van der Waals surface area contributed by atoms with E-state index in [1.807, 2.05) is 0 Å². The summed E-state index contributed by atoms with van der Waals surface area (Å²) in [4.78, 5) is 21.9. The molecule has 0 amide bonds. The van der Waals surface area contributed by atoms with E-state index in [0.717, 1.165) is 6.08 Å². The van der Waals surface area contributed by atoms with Crippen LogP contribution in [0, 0.1) is 0 Å². The zero-order valence-corrected chi connectivity index (χ0v) is 8.76. The van der Waals surface area contributed by atoms with Gasteiger partial charge >= 0.3 is 12.1 Å². The Bertz CT molecular complexity index is 294.